The molecule has 0 bridgehead atoms. The van der Waals surface area contributed by atoms with Gasteiger partial charge in [0.2, 0.25) is 0 Å². The first-order chi connectivity index (χ1) is 8.31. The van der Waals surface area contributed by atoms with Crippen LogP contribution >= 0.6 is 11.6 Å². The second kappa shape index (κ2) is 6.14. The molecule has 0 amide bonds. The van der Waals surface area contributed by atoms with Gasteiger partial charge in [0.25, 0.3) is 0 Å². The van der Waals surface area contributed by atoms with E-state index < -0.39 is 0 Å². The Hall–Kier alpha value is -0.910. The lowest BCUT2D eigenvalue weighted by Crippen LogP contribution is -2.32. The lowest BCUT2D eigenvalue weighted by Gasteiger charge is -2.22. The third-order valence-corrected chi connectivity index (χ3v) is 3.22. The van der Waals surface area contributed by atoms with Gasteiger partial charge in [-0.1, -0.05) is 11.6 Å². The molecule has 0 unspecified atom stereocenters. The normalized spacial score (nSPS) is 18.1. The van der Waals surface area contributed by atoms with Crippen molar-refractivity contribution in [2.45, 2.75) is 6.42 Å². The van der Waals surface area contributed by atoms with Gasteiger partial charge in [0.1, 0.15) is 11.3 Å². The summed E-state index contributed by atoms with van der Waals surface area (Å²) >= 11 is 6.09. The summed E-state index contributed by atoms with van der Waals surface area (Å²) in [7, 11) is 0. The number of aliphatic hydroxyl groups excluding tert-OH is 1. The summed E-state index contributed by atoms with van der Waals surface area (Å²) in [5.41, 5.74) is 0. The van der Waals surface area contributed by atoms with Crippen molar-refractivity contribution in [3.8, 4) is 0 Å². The molecule has 0 saturated carbocycles. The van der Waals surface area contributed by atoms with Crippen molar-refractivity contribution in [1.29, 1.82) is 0 Å². The highest BCUT2D eigenvalue weighted by molar-refractivity contribution is 6.32. The highest BCUT2D eigenvalue weighted by atomic mass is 35.5. The maximum absolute atomic E-state index is 8.94. The van der Waals surface area contributed by atoms with E-state index in [-0.39, 0.29) is 6.61 Å². The predicted molar refractivity (Wildman–Crippen MR) is 67.4 cm³/mol. The maximum Gasteiger partial charge on any atom is 0.150 e. The summed E-state index contributed by atoms with van der Waals surface area (Å²) < 4.78 is 0. The van der Waals surface area contributed by atoms with Gasteiger partial charge in [0, 0.05) is 26.2 Å². The quantitative estimate of drug-likeness (QED) is 0.860. The molecule has 94 valence electrons. The second-order valence-corrected chi connectivity index (χ2v) is 4.51. The average molecular weight is 257 g/mol. The van der Waals surface area contributed by atoms with Crippen molar-refractivity contribution >= 4 is 17.4 Å². The Morgan fingerprint density at radius 1 is 1.29 bits per heavy atom. The SMILES string of the molecule is OCCN1CCCN(c2ncncc2Cl)CC1. The Kier molecular flexibility index (Phi) is 4.53. The molecule has 1 fully saturated rings. The molecule has 0 aliphatic carbocycles. The van der Waals surface area contributed by atoms with Crippen molar-refractivity contribution in [2.24, 2.45) is 0 Å². The zero-order chi connectivity index (χ0) is 12.1. The summed E-state index contributed by atoms with van der Waals surface area (Å²) in [6, 6.07) is 0. The molecule has 0 radical (unpaired) electrons. The van der Waals surface area contributed by atoms with Crippen LogP contribution < -0.4 is 4.90 Å². The van der Waals surface area contributed by atoms with E-state index in [2.05, 4.69) is 19.8 Å². The summed E-state index contributed by atoms with van der Waals surface area (Å²) in [5.74, 6) is 0.813. The van der Waals surface area contributed by atoms with Crippen molar-refractivity contribution in [3.05, 3.63) is 17.5 Å². The number of nitrogens with zero attached hydrogens (tertiary/aromatic N) is 4. The molecule has 2 heterocycles. The Morgan fingerprint density at radius 2 is 2.18 bits per heavy atom. The molecule has 0 aromatic carbocycles. The maximum atomic E-state index is 8.94. The molecule has 1 saturated heterocycles. The van der Waals surface area contributed by atoms with Gasteiger partial charge in [-0.25, -0.2) is 9.97 Å². The van der Waals surface area contributed by atoms with Gasteiger partial charge in [-0.2, -0.15) is 0 Å². The Balaban J connectivity index is 2.01. The van der Waals surface area contributed by atoms with Gasteiger partial charge < -0.3 is 10.0 Å². The Bertz CT molecular complexity index is 363. The standard InChI is InChI=1S/C11H17ClN4O/c12-10-8-13-9-14-11(10)16-3-1-2-15(4-5-16)6-7-17/h8-9,17H,1-7H2. The molecule has 2 rings (SSSR count). The molecule has 1 aromatic rings. The minimum Gasteiger partial charge on any atom is -0.395 e. The Morgan fingerprint density at radius 3 is 2.94 bits per heavy atom. The fraction of sp³-hybridized carbons (Fsp3) is 0.636. The molecule has 1 N–H and O–H groups in total. The predicted octanol–water partition coefficient (Wildman–Crippen LogP) is 0.634. The van der Waals surface area contributed by atoms with Gasteiger partial charge in [-0.15, -0.1) is 0 Å². The number of anilines is 1. The van der Waals surface area contributed by atoms with E-state index in [0.717, 1.165) is 45.0 Å². The third-order valence-electron chi connectivity index (χ3n) is 2.95. The van der Waals surface area contributed by atoms with E-state index >= 15 is 0 Å². The highest BCUT2D eigenvalue weighted by Gasteiger charge is 2.17. The van der Waals surface area contributed by atoms with E-state index in [1.165, 1.54) is 6.33 Å². The zero-order valence-electron chi connectivity index (χ0n) is 9.72. The van der Waals surface area contributed by atoms with Crippen LogP contribution in [-0.4, -0.2) is 59.3 Å². The lowest BCUT2D eigenvalue weighted by molar-refractivity contribution is 0.204. The zero-order valence-corrected chi connectivity index (χ0v) is 10.5. The highest BCUT2D eigenvalue weighted by Crippen LogP contribution is 2.22. The van der Waals surface area contributed by atoms with Crippen LogP contribution in [0.25, 0.3) is 0 Å². The number of β-amino-alcohol motifs (C(OH)–C–C–N with tert-alkyl or cyclic N) is 1. The minimum atomic E-state index is 0.217. The molecular weight excluding hydrogens is 240 g/mol. The van der Waals surface area contributed by atoms with Crippen LogP contribution in [0, 0.1) is 0 Å². The van der Waals surface area contributed by atoms with Crippen LogP contribution in [0.5, 0.6) is 0 Å². The molecule has 5 nitrogen and oxygen atoms in total. The molecule has 1 aromatic heterocycles. The van der Waals surface area contributed by atoms with Crippen LogP contribution in [0.3, 0.4) is 0 Å². The van der Waals surface area contributed by atoms with Gasteiger partial charge >= 0.3 is 0 Å². The molecule has 0 atom stereocenters. The fourth-order valence-corrected chi connectivity index (χ4v) is 2.31. The molecule has 6 heteroatoms. The smallest absolute Gasteiger partial charge is 0.150 e. The van der Waals surface area contributed by atoms with Crippen molar-refractivity contribution in [2.75, 3.05) is 44.2 Å². The number of aliphatic hydroxyl groups is 1. The van der Waals surface area contributed by atoms with Crippen LogP contribution in [0.15, 0.2) is 12.5 Å². The van der Waals surface area contributed by atoms with Crippen molar-refractivity contribution in [3.63, 3.8) is 0 Å². The first-order valence-electron chi connectivity index (χ1n) is 5.85. The van der Waals surface area contributed by atoms with Crippen LogP contribution in [0.1, 0.15) is 6.42 Å². The third kappa shape index (κ3) is 3.28. The van der Waals surface area contributed by atoms with E-state index in [0.29, 0.717) is 5.02 Å². The lowest BCUT2D eigenvalue weighted by atomic mass is 10.4. The fourth-order valence-electron chi connectivity index (χ4n) is 2.09. The number of hydrogen-bond acceptors (Lipinski definition) is 5. The minimum absolute atomic E-state index is 0.217. The first-order valence-corrected chi connectivity index (χ1v) is 6.22. The van der Waals surface area contributed by atoms with E-state index in [4.69, 9.17) is 16.7 Å². The topological polar surface area (TPSA) is 52.5 Å². The monoisotopic (exact) mass is 256 g/mol. The molecule has 0 spiro atoms. The van der Waals surface area contributed by atoms with Gasteiger partial charge in [-0.3, -0.25) is 4.90 Å². The number of halogens is 1. The van der Waals surface area contributed by atoms with Crippen molar-refractivity contribution in [1.82, 2.24) is 14.9 Å². The summed E-state index contributed by atoms with van der Waals surface area (Å²) in [4.78, 5) is 12.6. The second-order valence-electron chi connectivity index (χ2n) is 4.10. The summed E-state index contributed by atoms with van der Waals surface area (Å²) in [6.45, 7) is 4.73. The first kappa shape index (κ1) is 12.5. The Labute approximate surface area is 106 Å². The average Bonchev–Trinajstić information content (AvgIpc) is 2.56. The van der Waals surface area contributed by atoms with Crippen LogP contribution in [0.2, 0.25) is 5.02 Å². The number of rotatable bonds is 3. The summed E-state index contributed by atoms with van der Waals surface area (Å²) in [6.07, 6.45) is 4.21. The molecule has 1 aliphatic heterocycles. The van der Waals surface area contributed by atoms with E-state index in [1.807, 2.05) is 0 Å². The van der Waals surface area contributed by atoms with Gasteiger partial charge in [0.15, 0.2) is 5.82 Å². The number of hydrogen-bond donors (Lipinski definition) is 1. The van der Waals surface area contributed by atoms with Gasteiger partial charge in [-0.05, 0) is 13.0 Å². The molecule has 17 heavy (non-hydrogen) atoms. The molecule has 1 aliphatic rings. The van der Waals surface area contributed by atoms with Crippen LogP contribution in [0.4, 0.5) is 5.82 Å². The number of aromatic nitrogens is 2. The van der Waals surface area contributed by atoms with Gasteiger partial charge in [0.05, 0.1) is 12.8 Å². The van der Waals surface area contributed by atoms with Crippen LogP contribution in [-0.2, 0) is 0 Å². The van der Waals surface area contributed by atoms with Crippen molar-refractivity contribution < 1.29 is 5.11 Å². The molecular formula is C11H17ClN4O. The van der Waals surface area contributed by atoms with E-state index in [1.54, 1.807) is 6.20 Å². The summed E-state index contributed by atoms with van der Waals surface area (Å²) in [5, 5.41) is 9.54. The van der Waals surface area contributed by atoms with E-state index in [9.17, 15) is 0 Å². The largest absolute Gasteiger partial charge is 0.395 e.